The molecule has 0 aliphatic carbocycles. The number of carbonyl (C=O) groups excluding carboxylic acids is 1. The minimum atomic E-state index is -0.597. The number of hydrogen-bond donors (Lipinski definition) is 0. The van der Waals surface area contributed by atoms with E-state index >= 15 is 0 Å². The van der Waals surface area contributed by atoms with Crippen molar-refractivity contribution in [3.05, 3.63) is 94.8 Å². The first-order valence-corrected chi connectivity index (χ1v) is 14.5. The van der Waals surface area contributed by atoms with Crippen LogP contribution in [0.3, 0.4) is 0 Å². The molecule has 224 valence electrons. The Balaban J connectivity index is 0.000000263. The number of ether oxygens (including phenoxy) is 1. The first-order valence-electron chi connectivity index (χ1n) is 14.5. The second-order valence-corrected chi connectivity index (χ2v) is 10.4. The van der Waals surface area contributed by atoms with Gasteiger partial charge in [-0.15, -0.1) is 0 Å². The summed E-state index contributed by atoms with van der Waals surface area (Å²) in [5.41, 5.74) is 2.87. The highest BCUT2D eigenvalue weighted by Crippen LogP contribution is 2.38. The fourth-order valence-corrected chi connectivity index (χ4v) is 4.64. The van der Waals surface area contributed by atoms with Crippen molar-refractivity contribution in [2.45, 2.75) is 85.4 Å². The third-order valence-corrected chi connectivity index (χ3v) is 6.94. The lowest BCUT2D eigenvalue weighted by atomic mass is 9.89. The number of nitrogens with zero attached hydrogens (tertiary/aromatic N) is 3. The molecule has 0 amide bonds. The summed E-state index contributed by atoms with van der Waals surface area (Å²) in [5.74, 6) is -2.02. The van der Waals surface area contributed by atoms with Gasteiger partial charge < -0.3 is 9.64 Å². The normalized spacial score (nSPS) is 16.2. The number of hydrogen-bond acceptors (Lipinski definition) is 5. The molecule has 0 saturated heterocycles. The van der Waals surface area contributed by atoms with E-state index in [9.17, 15) is 18.0 Å². The molecule has 0 spiro atoms. The molecule has 0 fully saturated rings. The molecule has 1 aliphatic heterocycles. The Hall–Kier alpha value is -3.10. The molecular weight excluding hydrogens is 527 g/mol. The molecule has 5 nitrogen and oxygen atoms in total. The minimum absolute atomic E-state index is 0.102. The second kappa shape index (κ2) is 17.0. The molecule has 1 aromatic carbocycles. The van der Waals surface area contributed by atoms with Crippen molar-refractivity contribution in [1.82, 2.24) is 14.9 Å². The van der Waals surface area contributed by atoms with Crippen molar-refractivity contribution in [2.24, 2.45) is 0 Å². The van der Waals surface area contributed by atoms with Crippen molar-refractivity contribution < 1.29 is 22.7 Å². The lowest BCUT2D eigenvalue weighted by Gasteiger charge is -2.29. The lowest BCUT2D eigenvalue weighted by molar-refractivity contribution is -0.117. The van der Waals surface area contributed by atoms with E-state index in [0.29, 0.717) is 17.7 Å². The molecule has 4 rings (SSSR count). The molecule has 41 heavy (non-hydrogen) atoms. The van der Waals surface area contributed by atoms with Crippen LogP contribution in [0.4, 0.5) is 13.2 Å². The molecule has 2 atom stereocenters. The molecule has 2 unspecified atom stereocenters. The fourth-order valence-electron chi connectivity index (χ4n) is 4.64. The molecule has 0 bridgehead atoms. The molecule has 1 aliphatic rings. The van der Waals surface area contributed by atoms with Gasteiger partial charge in [-0.25, -0.2) is 14.4 Å². The van der Waals surface area contributed by atoms with E-state index in [1.54, 1.807) is 18.3 Å². The van der Waals surface area contributed by atoms with Crippen LogP contribution in [0.5, 0.6) is 0 Å². The second-order valence-electron chi connectivity index (χ2n) is 10.4. The van der Waals surface area contributed by atoms with Gasteiger partial charge in [-0.3, -0.25) is 4.79 Å². The van der Waals surface area contributed by atoms with E-state index in [4.69, 9.17) is 4.74 Å². The zero-order chi connectivity index (χ0) is 30.4. The summed E-state index contributed by atoms with van der Waals surface area (Å²) in [5, 5.41) is 0. The van der Waals surface area contributed by atoms with E-state index in [0.717, 1.165) is 37.2 Å². The Morgan fingerprint density at radius 1 is 0.951 bits per heavy atom. The van der Waals surface area contributed by atoms with Crippen LogP contribution in [-0.2, 0) is 21.7 Å². The Bertz CT molecular complexity index is 1160. The van der Waals surface area contributed by atoms with Crippen molar-refractivity contribution in [2.75, 3.05) is 19.6 Å². The van der Waals surface area contributed by atoms with Gasteiger partial charge in [0.1, 0.15) is 11.6 Å². The van der Waals surface area contributed by atoms with E-state index in [1.165, 1.54) is 62.7 Å². The molecule has 0 saturated carbocycles. The Kier molecular flexibility index (Phi) is 14.1. The number of halogens is 3. The summed E-state index contributed by atoms with van der Waals surface area (Å²) in [7, 11) is 0. The van der Waals surface area contributed by atoms with Crippen LogP contribution in [0.2, 0.25) is 0 Å². The van der Waals surface area contributed by atoms with Crippen LogP contribution in [0, 0.1) is 17.7 Å². The highest BCUT2D eigenvalue weighted by atomic mass is 19.1. The van der Waals surface area contributed by atoms with Gasteiger partial charge in [0, 0.05) is 24.5 Å². The van der Waals surface area contributed by atoms with Gasteiger partial charge in [-0.2, -0.15) is 8.78 Å². The number of carbonyl (C=O) groups is 1. The first kappa shape index (κ1) is 34.1. The van der Waals surface area contributed by atoms with E-state index in [1.807, 2.05) is 0 Å². The summed E-state index contributed by atoms with van der Waals surface area (Å²) >= 11 is 0. The molecule has 0 radical (unpaired) electrons. The molecule has 3 heterocycles. The highest BCUT2D eigenvalue weighted by molar-refractivity contribution is 5.86. The summed E-state index contributed by atoms with van der Waals surface area (Å²) in [6.07, 6.45) is 7.50. The minimum Gasteiger partial charge on any atom is -0.366 e. The maximum atomic E-state index is 13.4. The summed E-state index contributed by atoms with van der Waals surface area (Å²) in [4.78, 5) is 21.4. The SMILES string of the molecule is CC(=O)C(c1ccc(F)cc1)c1ccc(F)nc1.CCC.CCCCN(CC)CCC1(C)OCc2cnc(F)cc21. The van der Waals surface area contributed by atoms with Gasteiger partial charge in [-0.1, -0.05) is 58.7 Å². The summed E-state index contributed by atoms with van der Waals surface area (Å²) in [6.45, 7) is 15.8. The number of fused-ring (bicyclic) bond motifs is 1. The van der Waals surface area contributed by atoms with Crippen LogP contribution >= 0.6 is 0 Å². The third kappa shape index (κ3) is 10.3. The number of aromatic nitrogens is 2. The zero-order valence-electron chi connectivity index (χ0n) is 25.2. The topological polar surface area (TPSA) is 55.3 Å². The molecule has 3 aromatic rings. The number of ketones is 1. The van der Waals surface area contributed by atoms with Gasteiger partial charge in [-0.05, 0) is 80.7 Å². The Morgan fingerprint density at radius 2 is 1.59 bits per heavy atom. The fraction of sp³-hybridized carbons (Fsp3) is 0.485. The molecule has 2 aromatic heterocycles. The van der Waals surface area contributed by atoms with Gasteiger partial charge >= 0.3 is 0 Å². The maximum absolute atomic E-state index is 13.4. The van der Waals surface area contributed by atoms with Gasteiger partial charge in [0.25, 0.3) is 0 Å². The first-order chi connectivity index (χ1) is 19.6. The van der Waals surface area contributed by atoms with Crippen molar-refractivity contribution in [3.8, 4) is 0 Å². The Labute approximate surface area is 243 Å². The average Bonchev–Trinajstić information content (AvgIpc) is 3.27. The van der Waals surface area contributed by atoms with Gasteiger partial charge in [0.2, 0.25) is 11.9 Å². The van der Waals surface area contributed by atoms with E-state index in [-0.39, 0.29) is 17.2 Å². The van der Waals surface area contributed by atoms with E-state index in [2.05, 4.69) is 49.5 Å². The van der Waals surface area contributed by atoms with Crippen molar-refractivity contribution in [3.63, 3.8) is 0 Å². The number of benzene rings is 1. The van der Waals surface area contributed by atoms with Crippen molar-refractivity contribution in [1.29, 1.82) is 0 Å². The van der Waals surface area contributed by atoms with Crippen LogP contribution < -0.4 is 0 Å². The predicted octanol–water partition coefficient (Wildman–Crippen LogP) is 7.98. The zero-order valence-corrected chi connectivity index (χ0v) is 25.2. The smallest absolute Gasteiger partial charge is 0.213 e. The van der Waals surface area contributed by atoms with E-state index < -0.39 is 17.8 Å². The number of Topliss-reactive ketones (excluding diaryl/α,β-unsaturated/α-hetero) is 1. The van der Waals surface area contributed by atoms with Crippen LogP contribution in [0.1, 0.15) is 95.4 Å². The Morgan fingerprint density at radius 3 is 2.15 bits per heavy atom. The highest BCUT2D eigenvalue weighted by Gasteiger charge is 2.36. The maximum Gasteiger partial charge on any atom is 0.213 e. The molecule has 0 N–H and O–H groups in total. The van der Waals surface area contributed by atoms with Gasteiger partial charge in [0.15, 0.2) is 0 Å². The summed E-state index contributed by atoms with van der Waals surface area (Å²) < 4.78 is 44.9. The number of rotatable bonds is 10. The third-order valence-electron chi connectivity index (χ3n) is 6.94. The quantitative estimate of drug-likeness (QED) is 0.231. The van der Waals surface area contributed by atoms with Crippen LogP contribution in [0.15, 0.2) is 54.9 Å². The monoisotopic (exact) mass is 571 g/mol. The van der Waals surface area contributed by atoms with Crippen molar-refractivity contribution >= 4 is 5.78 Å². The lowest BCUT2D eigenvalue weighted by Crippen LogP contribution is -2.32. The number of pyridine rings is 2. The van der Waals surface area contributed by atoms with Crippen LogP contribution in [0.25, 0.3) is 0 Å². The molecule has 8 heteroatoms. The predicted molar refractivity (Wildman–Crippen MR) is 157 cm³/mol. The average molecular weight is 572 g/mol. The largest absolute Gasteiger partial charge is 0.366 e. The summed E-state index contributed by atoms with van der Waals surface area (Å²) in [6, 6.07) is 9.93. The number of unbranched alkanes of at least 4 members (excludes halogenated alkanes) is 1. The molecular formula is C33H44F3N3O2. The standard InChI is InChI=1S/C16H25FN2O.C14H11F2NO.C3H8/c1-4-6-8-19(5-2)9-7-16(3)14-10-15(17)18-11-13(14)12-20-16;1-9(18)14(10-2-5-12(15)6-3-10)11-4-7-13(16)17-8-11;1-3-2/h10-11H,4-9,12H2,1-3H3;2-8,14H,1H3;3H2,1-2H3. The van der Waals surface area contributed by atoms with Gasteiger partial charge in [0.05, 0.1) is 18.1 Å². The van der Waals surface area contributed by atoms with Crippen LogP contribution in [-0.4, -0.2) is 40.3 Å².